The first kappa shape index (κ1) is 25.0. The van der Waals surface area contributed by atoms with E-state index in [0.29, 0.717) is 12.1 Å². The molecule has 190 valence electrons. The minimum atomic E-state index is -0.0873. The Kier molecular flexibility index (Phi) is 7.90. The van der Waals surface area contributed by atoms with Crippen LogP contribution < -0.4 is 15.5 Å². The summed E-state index contributed by atoms with van der Waals surface area (Å²) in [6.45, 7) is 0.479. The number of amides is 2. The Morgan fingerprint density at radius 3 is 2.26 bits per heavy atom. The quantitative estimate of drug-likeness (QED) is 0.316. The standard InChI is InChI=1S/C31H30N6O/c32-20-24-6-15-30(34-22-24)36-27-9-13-29(14-10-27)37(31(38)35-21-23-4-2-1-3-5-23)28-11-7-25(8-12-28)26-16-18-33-19-17-26/h1-8,11-12,15-19,22,27,29H,9-10,13-14,21H2,(H,34,36)(H,35,38)/t27-,29-. The molecule has 2 N–H and O–H groups in total. The first-order valence-electron chi connectivity index (χ1n) is 12.9. The highest BCUT2D eigenvalue weighted by molar-refractivity contribution is 5.93. The molecule has 0 unspecified atom stereocenters. The van der Waals surface area contributed by atoms with Crippen LogP contribution in [0.15, 0.2) is 97.5 Å². The topological polar surface area (TPSA) is 93.9 Å². The van der Waals surface area contributed by atoms with Crippen LogP contribution in [-0.2, 0) is 6.54 Å². The van der Waals surface area contributed by atoms with Gasteiger partial charge in [0.25, 0.3) is 0 Å². The van der Waals surface area contributed by atoms with E-state index in [4.69, 9.17) is 5.26 Å². The molecule has 0 aliphatic heterocycles. The summed E-state index contributed by atoms with van der Waals surface area (Å²) in [5.41, 5.74) is 4.68. The number of hydrogen-bond donors (Lipinski definition) is 2. The largest absolute Gasteiger partial charge is 0.367 e. The second-order valence-electron chi connectivity index (χ2n) is 9.49. The average Bonchev–Trinajstić information content (AvgIpc) is 2.99. The Labute approximate surface area is 223 Å². The van der Waals surface area contributed by atoms with Crippen LogP contribution in [-0.4, -0.2) is 28.1 Å². The molecule has 4 aromatic rings. The lowest BCUT2D eigenvalue weighted by molar-refractivity contribution is 0.240. The highest BCUT2D eigenvalue weighted by atomic mass is 16.2. The van der Waals surface area contributed by atoms with Gasteiger partial charge in [0.2, 0.25) is 0 Å². The Morgan fingerprint density at radius 2 is 1.61 bits per heavy atom. The van der Waals surface area contributed by atoms with E-state index in [-0.39, 0.29) is 18.1 Å². The van der Waals surface area contributed by atoms with Gasteiger partial charge in [-0.2, -0.15) is 5.26 Å². The molecule has 2 heterocycles. The number of hydrogen-bond acceptors (Lipinski definition) is 5. The predicted octanol–water partition coefficient (Wildman–Crippen LogP) is 6.15. The van der Waals surface area contributed by atoms with Crippen LogP contribution in [0.5, 0.6) is 0 Å². The molecular formula is C31H30N6O. The van der Waals surface area contributed by atoms with Crippen LogP contribution in [0, 0.1) is 11.3 Å². The third-order valence-electron chi connectivity index (χ3n) is 6.97. The maximum absolute atomic E-state index is 13.6. The van der Waals surface area contributed by atoms with Gasteiger partial charge in [-0.3, -0.25) is 9.88 Å². The maximum Gasteiger partial charge on any atom is 0.322 e. The monoisotopic (exact) mass is 502 g/mol. The summed E-state index contributed by atoms with van der Waals surface area (Å²) in [5.74, 6) is 0.775. The SMILES string of the molecule is N#Cc1ccc(N[C@H]2CC[C@H](N(C(=O)NCc3ccccc3)c3ccc(-c4ccncc4)cc3)CC2)nc1. The van der Waals surface area contributed by atoms with Gasteiger partial charge >= 0.3 is 6.03 Å². The lowest BCUT2D eigenvalue weighted by Crippen LogP contribution is -2.48. The summed E-state index contributed by atoms with van der Waals surface area (Å²) >= 11 is 0. The fourth-order valence-electron chi connectivity index (χ4n) is 4.94. The molecule has 1 aliphatic carbocycles. The van der Waals surface area contributed by atoms with Gasteiger partial charge in [0.1, 0.15) is 11.9 Å². The van der Waals surface area contributed by atoms with Crippen LogP contribution in [0.3, 0.4) is 0 Å². The summed E-state index contributed by atoms with van der Waals surface area (Å²) in [5, 5.41) is 15.6. The molecule has 0 spiro atoms. The second kappa shape index (κ2) is 12.0. The number of carbonyl (C=O) groups excluding carboxylic acids is 1. The molecule has 2 aromatic carbocycles. The molecule has 1 aliphatic rings. The van der Waals surface area contributed by atoms with E-state index in [1.54, 1.807) is 24.7 Å². The fourth-order valence-corrected chi connectivity index (χ4v) is 4.94. The smallest absolute Gasteiger partial charge is 0.322 e. The van der Waals surface area contributed by atoms with Gasteiger partial charge in [0, 0.05) is 42.9 Å². The molecule has 2 aromatic heterocycles. The van der Waals surface area contributed by atoms with Crippen molar-refractivity contribution in [1.82, 2.24) is 15.3 Å². The summed E-state index contributed by atoms with van der Waals surface area (Å²) < 4.78 is 0. The van der Waals surface area contributed by atoms with Crippen molar-refractivity contribution >= 4 is 17.5 Å². The van der Waals surface area contributed by atoms with Crippen molar-refractivity contribution in [2.24, 2.45) is 0 Å². The zero-order valence-corrected chi connectivity index (χ0v) is 21.1. The number of pyridine rings is 2. The fraction of sp³-hybridized carbons (Fsp3) is 0.226. The van der Waals surface area contributed by atoms with Gasteiger partial charge in [0.15, 0.2) is 0 Å². The molecule has 38 heavy (non-hydrogen) atoms. The number of carbonyl (C=O) groups is 1. The summed E-state index contributed by atoms with van der Waals surface area (Å²) in [4.78, 5) is 23.9. The van der Waals surface area contributed by atoms with Crippen molar-refractivity contribution in [2.45, 2.75) is 44.3 Å². The zero-order valence-electron chi connectivity index (χ0n) is 21.1. The van der Waals surface area contributed by atoms with Crippen LogP contribution in [0.1, 0.15) is 36.8 Å². The van der Waals surface area contributed by atoms with Crippen molar-refractivity contribution in [2.75, 3.05) is 10.2 Å². The Balaban J connectivity index is 1.29. The van der Waals surface area contributed by atoms with E-state index in [9.17, 15) is 4.79 Å². The number of nitrogens with one attached hydrogen (secondary N) is 2. The van der Waals surface area contributed by atoms with Gasteiger partial charge in [-0.25, -0.2) is 9.78 Å². The van der Waals surface area contributed by atoms with Gasteiger partial charge in [-0.1, -0.05) is 42.5 Å². The average molecular weight is 503 g/mol. The molecule has 2 amide bonds. The van der Waals surface area contributed by atoms with Gasteiger partial charge in [-0.05, 0) is 78.8 Å². The van der Waals surface area contributed by atoms with Crippen LogP contribution in [0.25, 0.3) is 11.1 Å². The van der Waals surface area contributed by atoms with Crippen molar-refractivity contribution in [3.05, 3.63) is 109 Å². The highest BCUT2D eigenvalue weighted by Gasteiger charge is 2.30. The van der Waals surface area contributed by atoms with Gasteiger partial charge in [-0.15, -0.1) is 0 Å². The van der Waals surface area contributed by atoms with Crippen LogP contribution in [0.2, 0.25) is 0 Å². The number of anilines is 2. The molecular weight excluding hydrogens is 472 g/mol. The highest BCUT2D eigenvalue weighted by Crippen LogP contribution is 2.31. The molecule has 7 nitrogen and oxygen atoms in total. The van der Waals surface area contributed by atoms with Crippen molar-refractivity contribution in [3.63, 3.8) is 0 Å². The second-order valence-corrected chi connectivity index (χ2v) is 9.49. The molecule has 5 rings (SSSR count). The van der Waals surface area contributed by atoms with E-state index in [0.717, 1.165) is 53.9 Å². The summed E-state index contributed by atoms with van der Waals surface area (Å²) in [6.07, 6.45) is 8.74. The van der Waals surface area contributed by atoms with E-state index in [1.165, 1.54) is 0 Å². The number of aromatic nitrogens is 2. The summed E-state index contributed by atoms with van der Waals surface area (Å²) in [7, 11) is 0. The lowest BCUT2D eigenvalue weighted by Gasteiger charge is -2.37. The number of nitrogens with zero attached hydrogens (tertiary/aromatic N) is 4. The first-order valence-corrected chi connectivity index (χ1v) is 12.9. The van der Waals surface area contributed by atoms with Crippen LogP contribution in [0.4, 0.5) is 16.3 Å². The molecule has 1 saturated carbocycles. The summed E-state index contributed by atoms with van der Waals surface area (Å²) in [6, 6.07) is 28.1. The van der Waals surface area contributed by atoms with E-state index in [1.807, 2.05) is 65.6 Å². The number of benzene rings is 2. The third-order valence-corrected chi connectivity index (χ3v) is 6.97. The van der Waals surface area contributed by atoms with Gasteiger partial charge < -0.3 is 10.6 Å². The first-order chi connectivity index (χ1) is 18.7. The maximum atomic E-state index is 13.6. The van der Waals surface area contributed by atoms with Gasteiger partial charge in [0.05, 0.1) is 5.56 Å². The number of urea groups is 1. The van der Waals surface area contributed by atoms with Crippen LogP contribution >= 0.6 is 0 Å². The van der Waals surface area contributed by atoms with E-state index < -0.39 is 0 Å². The van der Waals surface area contributed by atoms with Crippen molar-refractivity contribution in [1.29, 1.82) is 5.26 Å². The minimum absolute atomic E-state index is 0.0873. The molecule has 1 fully saturated rings. The molecule has 0 radical (unpaired) electrons. The molecule has 0 saturated heterocycles. The predicted molar refractivity (Wildman–Crippen MR) is 149 cm³/mol. The van der Waals surface area contributed by atoms with E-state index >= 15 is 0 Å². The lowest BCUT2D eigenvalue weighted by atomic mass is 9.89. The number of nitriles is 1. The normalized spacial score (nSPS) is 16.7. The van der Waals surface area contributed by atoms with Crippen molar-refractivity contribution < 1.29 is 4.79 Å². The zero-order chi connectivity index (χ0) is 26.2. The minimum Gasteiger partial charge on any atom is -0.367 e. The Morgan fingerprint density at radius 1 is 0.895 bits per heavy atom. The van der Waals surface area contributed by atoms with Crippen molar-refractivity contribution in [3.8, 4) is 17.2 Å². The Hall–Kier alpha value is -4.70. The van der Waals surface area contributed by atoms with E-state index in [2.05, 4.69) is 38.8 Å². The third kappa shape index (κ3) is 6.16. The number of rotatable bonds is 7. The molecule has 0 atom stereocenters. The Bertz CT molecular complexity index is 1360. The molecule has 7 heteroatoms. The molecule has 0 bridgehead atoms.